The molecule has 130 valence electrons. The van der Waals surface area contributed by atoms with Crippen molar-refractivity contribution in [3.63, 3.8) is 0 Å². The van der Waals surface area contributed by atoms with Crippen LogP contribution >= 0.6 is 0 Å². The van der Waals surface area contributed by atoms with Gasteiger partial charge in [0.2, 0.25) is 0 Å². The molecular weight excluding hydrogens is 296 g/mol. The molecule has 5 nitrogen and oxygen atoms in total. The molecule has 0 aromatic rings. The lowest BCUT2D eigenvalue weighted by Gasteiger charge is -2.28. The molecule has 0 aromatic heterocycles. The molecule has 2 bridgehead atoms. The van der Waals surface area contributed by atoms with Crippen molar-refractivity contribution in [2.24, 2.45) is 17.8 Å². The van der Waals surface area contributed by atoms with Gasteiger partial charge in [0.25, 0.3) is 0 Å². The molecule has 0 saturated heterocycles. The molecule has 3 fully saturated rings. The fraction of sp³-hybridized carbons (Fsp3) is 0.889. The maximum atomic E-state index is 12.3. The molecule has 3 aliphatic rings. The van der Waals surface area contributed by atoms with Gasteiger partial charge >= 0.3 is 11.9 Å². The Morgan fingerprint density at radius 3 is 2.52 bits per heavy atom. The van der Waals surface area contributed by atoms with Crippen LogP contribution in [0.3, 0.4) is 0 Å². The van der Waals surface area contributed by atoms with Crippen LogP contribution < -0.4 is 0 Å². The Morgan fingerprint density at radius 2 is 1.83 bits per heavy atom. The molecule has 3 saturated carbocycles. The fourth-order valence-corrected chi connectivity index (χ4v) is 4.47. The predicted molar refractivity (Wildman–Crippen MR) is 83.4 cm³/mol. The highest BCUT2D eigenvalue weighted by Crippen LogP contribution is 2.50. The van der Waals surface area contributed by atoms with Gasteiger partial charge in [-0.1, -0.05) is 26.2 Å². The number of carbonyl (C=O) groups excluding carboxylic acids is 2. The first-order valence-electron chi connectivity index (χ1n) is 9.15. The highest BCUT2D eigenvalue weighted by molar-refractivity contribution is 5.74. The van der Waals surface area contributed by atoms with Gasteiger partial charge in [-0.3, -0.25) is 9.59 Å². The topological polar surface area (TPSA) is 61.8 Å². The molecule has 0 N–H and O–H groups in total. The Labute approximate surface area is 138 Å². The van der Waals surface area contributed by atoms with E-state index in [1.54, 1.807) is 6.92 Å². The van der Waals surface area contributed by atoms with Gasteiger partial charge < -0.3 is 14.2 Å². The molecule has 0 heterocycles. The highest BCUT2D eigenvalue weighted by Gasteiger charge is 2.51. The largest absolute Gasteiger partial charge is 0.462 e. The number of fused-ring (bicyclic) bond motifs is 2. The Bertz CT molecular complexity index is 429. The van der Waals surface area contributed by atoms with Crippen LogP contribution in [0.5, 0.6) is 0 Å². The number of rotatable bonds is 6. The fourth-order valence-electron chi connectivity index (χ4n) is 4.47. The van der Waals surface area contributed by atoms with Crippen molar-refractivity contribution < 1.29 is 23.8 Å². The quantitative estimate of drug-likeness (QED) is 0.554. The maximum absolute atomic E-state index is 12.3. The average molecular weight is 324 g/mol. The minimum Gasteiger partial charge on any atom is -0.462 e. The third-order valence-electron chi connectivity index (χ3n) is 5.68. The Balaban J connectivity index is 1.43. The third-order valence-corrected chi connectivity index (χ3v) is 5.68. The molecular formula is C18H28O5. The summed E-state index contributed by atoms with van der Waals surface area (Å²) >= 11 is 0. The second-order valence-corrected chi connectivity index (χ2v) is 7.23. The van der Waals surface area contributed by atoms with Crippen molar-refractivity contribution in [2.75, 3.05) is 6.79 Å². The predicted octanol–water partition coefficient (Wildman–Crippen LogP) is 3.20. The van der Waals surface area contributed by atoms with Crippen molar-refractivity contribution in [2.45, 2.75) is 76.9 Å². The van der Waals surface area contributed by atoms with Crippen molar-refractivity contribution in [1.29, 1.82) is 0 Å². The Hall–Kier alpha value is -1.10. The number of hydrogen-bond donors (Lipinski definition) is 0. The van der Waals surface area contributed by atoms with Gasteiger partial charge in [-0.15, -0.1) is 0 Å². The molecule has 4 unspecified atom stereocenters. The van der Waals surface area contributed by atoms with E-state index in [4.69, 9.17) is 14.2 Å². The number of carbonyl (C=O) groups is 2. The summed E-state index contributed by atoms with van der Waals surface area (Å²) in [6.07, 6.45) is 9.11. The number of esters is 2. The summed E-state index contributed by atoms with van der Waals surface area (Å²) in [6, 6.07) is 0. The maximum Gasteiger partial charge on any atom is 0.311 e. The van der Waals surface area contributed by atoms with Gasteiger partial charge in [-0.2, -0.15) is 0 Å². The molecule has 0 aliphatic heterocycles. The van der Waals surface area contributed by atoms with Gasteiger partial charge in [-0.25, -0.2) is 0 Å². The van der Waals surface area contributed by atoms with Gasteiger partial charge in [0.1, 0.15) is 6.10 Å². The van der Waals surface area contributed by atoms with Gasteiger partial charge in [0, 0.05) is 12.3 Å². The monoisotopic (exact) mass is 324 g/mol. The zero-order valence-corrected chi connectivity index (χ0v) is 14.0. The van der Waals surface area contributed by atoms with Gasteiger partial charge in [0.05, 0.1) is 12.0 Å². The molecule has 5 heteroatoms. The van der Waals surface area contributed by atoms with Crippen LogP contribution in [0.15, 0.2) is 0 Å². The van der Waals surface area contributed by atoms with E-state index in [1.807, 2.05) is 0 Å². The lowest BCUT2D eigenvalue weighted by atomic mass is 9.86. The van der Waals surface area contributed by atoms with E-state index in [-0.39, 0.29) is 42.8 Å². The van der Waals surface area contributed by atoms with E-state index in [0.717, 1.165) is 32.1 Å². The van der Waals surface area contributed by atoms with Crippen LogP contribution in [0.4, 0.5) is 0 Å². The summed E-state index contributed by atoms with van der Waals surface area (Å²) in [6.45, 7) is 1.86. The molecule has 4 atom stereocenters. The van der Waals surface area contributed by atoms with Crippen LogP contribution in [-0.2, 0) is 23.8 Å². The summed E-state index contributed by atoms with van der Waals surface area (Å²) in [5.74, 6) is 0.156. The average Bonchev–Trinajstić information content (AvgIpc) is 3.15. The zero-order chi connectivity index (χ0) is 16.2. The second-order valence-electron chi connectivity index (χ2n) is 7.23. The molecule has 0 amide bonds. The van der Waals surface area contributed by atoms with Crippen molar-refractivity contribution in [1.82, 2.24) is 0 Å². The van der Waals surface area contributed by atoms with E-state index < -0.39 is 0 Å². The Kier molecular flexibility index (Phi) is 5.57. The van der Waals surface area contributed by atoms with Crippen LogP contribution in [-0.4, -0.2) is 30.9 Å². The number of ether oxygens (including phenoxy) is 3. The molecule has 0 spiro atoms. The SMILES string of the molecule is CCC(=O)OC1CC2CC(C(=O)OCOC3CCCCC3)C1C2. The molecule has 23 heavy (non-hydrogen) atoms. The Morgan fingerprint density at radius 1 is 1.04 bits per heavy atom. The molecule has 0 radical (unpaired) electrons. The van der Waals surface area contributed by atoms with E-state index >= 15 is 0 Å². The molecule has 0 aromatic carbocycles. The van der Waals surface area contributed by atoms with Gasteiger partial charge in [-0.05, 0) is 38.0 Å². The molecule has 3 aliphatic carbocycles. The minimum atomic E-state index is -0.175. The standard InChI is InChI=1S/C18H28O5/c1-2-17(19)23-16-10-12-8-14(16)15(9-12)18(20)22-11-21-13-6-4-3-5-7-13/h12-16H,2-11H2,1H3. The summed E-state index contributed by atoms with van der Waals surface area (Å²) in [7, 11) is 0. The lowest BCUT2D eigenvalue weighted by Crippen LogP contribution is -2.34. The first kappa shape index (κ1) is 16.7. The van der Waals surface area contributed by atoms with Crippen LogP contribution in [0, 0.1) is 17.8 Å². The van der Waals surface area contributed by atoms with Crippen LogP contribution in [0.2, 0.25) is 0 Å². The van der Waals surface area contributed by atoms with Gasteiger partial charge in [0.15, 0.2) is 6.79 Å². The van der Waals surface area contributed by atoms with Crippen LogP contribution in [0.25, 0.3) is 0 Å². The first-order chi connectivity index (χ1) is 11.2. The van der Waals surface area contributed by atoms with Crippen molar-refractivity contribution in [3.8, 4) is 0 Å². The number of hydrogen-bond acceptors (Lipinski definition) is 5. The summed E-state index contributed by atoms with van der Waals surface area (Å²) in [5, 5.41) is 0. The van der Waals surface area contributed by atoms with E-state index in [2.05, 4.69) is 0 Å². The summed E-state index contributed by atoms with van der Waals surface area (Å²) in [4.78, 5) is 23.8. The first-order valence-corrected chi connectivity index (χ1v) is 9.15. The summed E-state index contributed by atoms with van der Waals surface area (Å²) in [5.41, 5.74) is 0. The second kappa shape index (κ2) is 7.65. The highest BCUT2D eigenvalue weighted by atomic mass is 16.7. The van der Waals surface area contributed by atoms with Crippen molar-refractivity contribution >= 4 is 11.9 Å². The normalized spacial score (nSPS) is 33.6. The van der Waals surface area contributed by atoms with E-state index in [0.29, 0.717) is 12.3 Å². The minimum absolute atomic E-state index is 0.0663. The third kappa shape index (κ3) is 4.06. The van der Waals surface area contributed by atoms with E-state index in [1.165, 1.54) is 19.3 Å². The van der Waals surface area contributed by atoms with E-state index in [9.17, 15) is 9.59 Å². The molecule has 3 rings (SSSR count). The smallest absolute Gasteiger partial charge is 0.311 e. The summed E-state index contributed by atoms with van der Waals surface area (Å²) < 4.78 is 16.5. The van der Waals surface area contributed by atoms with Crippen molar-refractivity contribution in [3.05, 3.63) is 0 Å². The lowest BCUT2D eigenvalue weighted by molar-refractivity contribution is -0.173. The van der Waals surface area contributed by atoms with Crippen LogP contribution in [0.1, 0.15) is 64.7 Å². The zero-order valence-electron chi connectivity index (χ0n) is 14.0.